The van der Waals surface area contributed by atoms with E-state index < -0.39 is 0 Å². The molecule has 1 aliphatic rings. The molecule has 1 aliphatic carbocycles. The zero-order valence-corrected chi connectivity index (χ0v) is 12.5. The minimum absolute atomic E-state index is 0.148. The second-order valence-corrected chi connectivity index (χ2v) is 6.43. The summed E-state index contributed by atoms with van der Waals surface area (Å²) < 4.78 is 0. The Morgan fingerprint density at radius 2 is 1.85 bits per heavy atom. The predicted octanol–water partition coefficient (Wildman–Crippen LogP) is 3.61. The maximum atomic E-state index is 12.6. The van der Waals surface area contributed by atoms with Crippen LogP contribution in [0.15, 0.2) is 24.3 Å². The Balaban J connectivity index is 1.97. The van der Waals surface area contributed by atoms with Crippen LogP contribution in [0.1, 0.15) is 51.5 Å². The quantitative estimate of drug-likeness (QED) is 0.862. The molecule has 20 heavy (non-hydrogen) atoms. The van der Waals surface area contributed by atoms with E-state index in [9.17, 15) is 9.90 Å². The van der Waals surface area contributed by atoms with Gasteiger partial charge < -0.3 is 10.4 Å². The summed E-state index contributed by atoms with van der Waals surface area (Å²) in [5.41, 5.74) is 0.874. The van der Waals surface area contributed by atoms with Gasteiger partial charge in [-0.15, -0.1) is 0 Å². The fraction of sp³-hybridized carbons (Fsp3) is 0.588. The van der Waals surface area contributed by atoms with Crippen molar-refractivity contribution in [3.8, 4) is 5.75 Å². The summed E-state index contributed by atoms with van der Waals surface area (Å²) in [7, 11) is 0. The molecule has 0 heterocycles. The summed E-state index contributed by atoms with van der Waals surface area (Å²) in [6.07, 6.45) is 5.35. The molecule has 0 unspecified atom stereocenters. The van der Waals surface area contributed by atoms with Gasteiger partial charge in [0.25, 0.3) is 0 Å². The van der Waals surface area contributed by atoms with Crippen molar-refractivity contribution in [3.05, 3.63) is 29.8 Å². The molecule has 1 saturated carbocycles. The van der Waals surface area contributed by atoms with Crippen LogP contribution in [0.25, 0.3) is 0 Å². The lowest BCUT2D eigenvalue weighted by molar-refractivity contribution is -0.132. The molecule has 2 N–H and O–H groups in total. The van der Waals surface area contributed by atoms with E-state index in [0.29, 0.717) is 12.5 Å². The zero-order valence-electron chi connectivity index (χ0n) is 12.5. The molecular formula is C17H25NO2. The van der Waals surface area contributed by atoms with Gasteiger partial charge in [0, 0.05) is 12.0 Å². The van der Waals surface area contributed by atoms with Crippen molar-refractivity contribution in [2.75, 3.05) is 0 Å². The van der Waals surface area contributed by atoms with Crippen LogP contribution in [0.2, 0.25) is 0 Å². The molecule has 0 radical (unpaired) electrons. The largest absolute Gasteiger partial charge is 0.508 e. The minimum atomic E-state index is -0.148. The average molecular weight is 275 g/mol. The lowest BCUT2D eigenvalue weighted by atomic mass is 9.77. The van der Waals surface area contributed by atoms with Crippen LogP contribution in [0.5, 0.6) is 5.75 Å². The molecule has 0 aromatic heterocycles. The second-order valence-electron chi connectivity index (χ2n) is 6.43. The minimum Gasteiger partial charge on any atom is -0.508 e. The van der Waals surface area contributed by atoms with E-state index in [0.717, 1.165) is 24.8 Å². The normalized spacial score (nSPS) is 17.4. The number of rotatable bonds is 5. The molecule has 3 nitrogen and oxygen atoms in total. The van der Waals surface area contributed by atoms with Gasteiger partial charge in [-0.05, 0) is 42.9 Å². The molecule has 0 bridgehead atoms. The highest BCUT2D eigenvalue weighted by molar-refractivity contribution is 5.82. The molecule has 110 valence electrons. The SMILES string of the molecule is CC(C)CC1(C(=O)NCc2ccc(O)cc2)CCCC1. The number of aromatic hydroxyl groups is 1. The van der Waals surface area contributed by atoms with Gasteiger partial charge in [0.05, 0.1) is 0 Å². The molecule has 1 aromatic rings. The molecule has 0 spiro atoms. The molecule has 2 rings (SSSR count). The van der Waals surface area contributed by atoms with E-state index in [1.165, 1.54) is 12.8 Å². The van der Waals surface area contributed by atoms with Crippen LogP contribution in [-0.2, 0) is 11.3 Å². The summed E-state index contributed by atoms with van der Waals surface area (Å²) >= 11 is 0. The number of hydrogen-bond acceptors (Lipinski definition) is 2. The van der Waals surface area contributed by atoms with Crippen molar-refractivity contribution >= 4 is 5.91 Å². The van der Waals surface area contributed by atoms with Crippen LogP contribution < -0.4 is 5.32 Å². The van der Waals surface area contributed by atoms with Crippen LogP contribution in [0.3, 0.4) is 0 Å². The molecule has 1 amide bonds. The first-order valence-corrected chi connectivity index (χ1v) is 7.58. The van der Waals surface area contributed by atoms with Crippen LogP contribution in [-0.4, -0.2) is 11.0 Å². The standard InChI is InChI=1S/C17H25NO2/c1-13(2)11-17(9-3-4-10-17)16(20)18-12-14-5-7-15(19)8-6-14/h5-8,13,19H,3-4,9-12H2,1-2H3,(H,18,20). The number of phenols is 1. The lowest BCUT2D eigenvalue weighted by Crippen LogP contribution is -2.39. The summed E-state index contributed by atoms with van der Waals surface area (Å²) in [6, 6.07) is 7.00. The van der Waals surface area contributed by atoms with E-state index in [-0.39, 0.29) is 17.1 Å². The van der Waals surface area contributed by atoms with Crippen LogP contribution in [0, 0.1) is 11.3 Å². The van der Waals surface area contributed by atoms with Crippen molar-refractivity contribution in [2.24, 2.45) is 11.3 Å². The maximum Gasteiger partial charge on any atom is 0.226 e. The van der Waals surface area contributed by atoms with Crippen molar-refractivity contribution in [2.45, 2.75) is 52.5 Å². The number of benzene rings is 1. The summed E-state index contributed by atoms with van der Waals surface area (Å²) in [4.78, 5) is 12.6. The third-order valence-electron chi connectivity index (χ3n) is 4.23. The van der Waals surface area contributed by atoms with Crippen molar-refractivity contribution in [1.82, 2.24) is 5.32 Å². The summed E-state index contributed by atoms with van der Waals surface area (Å²) in [5, 5.41) is 12.3. The Bertz CT molecular complexity index is 445. The highest BCUT2D eigenvalue weighted by Gasteiger charge is 2.40. The Hall–Kier alpha value is -1.51. The van der Waals surface area contributed by atoms with Gasteiger partial charge in [-0.1, -0.05) is 38.8 Å². The Labute approximate surface area is 121 Å². The molecular weight excluding hydrogens is 250 g/mol. The van der Waals surface area contributed by atoms with E-state index in [1.807, 2.05) is 12.1 Å². The van der Waals surface area contributed by atoms with E-state index >= 15 is 0 Å². The van der Waals surface area contributed by atoms with Crippen LogP contribution in [0.4, 0.5) is 0 Å². The highest BCUT2D eigenvalue weighted by atomic mass is 16.3. The van der Waals surface area contributed by atoms with Gasteiger partial charge in [0.1, 0.15) is 5.75 Å². The lowest BCUT2D eigenvalue weighted by Gasteiger charge is -2.29. The number of carbonyl (C=O) groups is 1. The average Bonchev–Trinajstić information content (AvgIpc) is 2.86. The second kappa shape index (κ2) is 6.29. The predicted molar refractivity (Wildman–Crippen MR) is 80.3 cm³/mol. The first kappa shape index (κ1) is 14.9. The molecule has 0 aliphatic heterocycles. The molecule has 3 heteroatoms. The Morgan fingerprint density at radius 3 is 2.40 bits per heavy atom. The van der Waals surface area contributed by atoms with Crippen molar-refractivity contribution < 1.29 is 9.90 Å². The van der Waals surface area contributed by atoms with Crippen molar-refractivity contribution in [3.63, 3.8) is 0 Å². The van der Waals surface area contributed by atoms with Gasteiger partial charge in [0.2, 0.25) is 5.91 Å². The molecule has 1 fully saturated rings. The summed E-state index contributed by atoms with van der Waals surface area (Å²) in [6.45, 7) is 4.92. The number of nitrogens with one attached hydrogen (secondary N) is 1. The monoisotopic (exact) mass is 275 g/mol. The first-order chi connectivity index (χ1) is 9.52. The number of carbonyl (C=O) groups excluding carboxylic acids is 1. The smallest absolute Gasteiger partial charge is 0.226 e. The Morgan fingerprint density at radius 1 is 1.25 bits per heavy atom. The third-order valence-corrected chi connectivity index (χ3v) is 4.23. The number of hydrogen-bond donors (Lipinski definition) is 2. The highest BCUT2D eigenvalue weighted by Crippen LogP contribution is 2.43. The third kappa shape index (κ3) is 3.53. The fourth-order valence-corrected chi connectivity index (χ4v) is 3.34. The maximum absolute atomic E-state index is 12.6. The molecule has 0 atom stereocenters. The van der Waals surface area contributed by atoms with E-state index in [1.54, 1.807) is 12.1 Å². The van der Waals surface area contributed by atoms with Gasteiger partial charge in [-0.3, -0.25) is 4.79 Å². The molecule has 1 aromatic carbocycles. The molecule has 0 saturated heterocycles. The van der Waals surface area contributed by atoms with Gasteiger partial charge in [0.15, 0.2) is 0 Å². The van der Waals surface area contributed by atoms with E-state index in [4.69, 9.17) is 0 Å². The fourth-order valence-electron chi connectivity index (χ4n) is 3.34. The first-order valence-electron chi connectivity index (χ1n) is 7.58. The zero-order chi connectivity index (χ0) is 14.6. The van der Waals surface area contributed by atoms with Crippen LogP contribution >= 0.6 is 0 Å². The topological polar surface area (TPSA) is 49.3 Å². The van der Waals surface area contributed by atoms with Crippen molar-refractivity contribution in [1.29, 1.82) is 0 Å². The Kier molecular flexibility index (Phi) is 4.69. The number of amides is 1. The summed E-state index contributed by atoms with van der Waals surface area (Å²) in [5.74, 6) is 1.01. The van der Waals surface area contributed by atoms with Gasteiger partial charge in [-0.2, -0.15) is 0 Å². The van der Waals surface area contributed by atoms with E-state index in [2.05, 4.69) is 19.2 Å². The van der Waals surface area contributed by atoms with Gasteiger partial charge >= 0.3 is 0 Å². The number of phenolic OH excluding ortho intramolecular Hbond substituents is 1. The van der Waals surface area contributed by atoms with Gasteiger partial charge in [-0.25, -0.2) is 0 Å².